The third-order valence-corrected chi connectivity index (χ3v) is 6.20. The monoisotopic (exact) mass is 456 g/mol. The highest BCUT2D eigenvalue weighted by Crippen LogP contribution is 2.24. The number of rotatable bonds is 5. The number of hydrogen-bond acceptors (Lipinski definition) is 4. The van der Waals surface area contributed by atoms with Gasteiger partial charge in [0.15, 0.2) is 0 Å². The quantitative estimate of drug-likeness (QED) is 0.553. The molecule has 0 saturated carbocycles. The number of halogens is 1. The Balaban J connectivity index is 0.00000289. The lowest BCUT2D eigenvalue weighted by Gasteiger charge is -2.37. The van der Waals surface area contributed by atoms with Gasteiger partial charge in [-0.3, -0.25) is 14.5 Å². The van der Waals surface area contributed by atoms with Crippen LogP contribution in [0.15, 0.2) is 42.5 Å². The lowest BCUT2D eigenvalue weighted by molar-refractivity contribution is 0.0653. The number of aryl methyl sites for hydroxylation is 1. The van der Waals surface area contributed by atoms with Crippen LogP contribution in [-0.2, 0) is 0 Å². The Morgan fingerprint density at radius 1 is 0.906 bits per heavy atom. The molecular weight excluding hydrogens is 428 g/mol. The topological polar surface area (TPSA) is 73.0 Å². The number of carbonyl (C=O) groups excluding carboxylic acids is 3. The third-order valence-electron chi connectivity index (χ3n) is 6.20. The van der Waals surface area contributed by atoms with E-state index >= 15 is 0 Å². The molecule has 0 spiro atoms. The number of fused-ring (bicyclic) bond motifs is 1. The van der Waals surface area contributed by atoms with Crippen molar-refractivity contribution in [3.63, 3.8) is 0 Å². The van der Waals surface area contributed by atoms with Gasteiger partial charge in [-0.25, -0.2) is 4.79 Å². The average Bonchev–Trinajstić information content (AvgIpc) is 3.03. The van der Waals surface area contributed by atoms with Crippen molar-refractivity contribution in [1.29, 1.82) is 0 Å². The Hall–Kier alpha value is -3.06. The molecule has 2 aliphatic heterocycles. The molecule has 32 heavy (non-hydrogen) atoms. The van der Waals surface area contributed by atoms with Crippen LogP contribution in [0.4, 0.5) is 10.5 Å². The summed E-state index contributed by atoms with van der Waals surface area (Å²) in [4.78, 5) is 42.7. The maximum absolute atomic E-state index is 12.5. The lowest BCUT2D eigenvalue weighted by Crippen LogP contribution is -2.52. The maximum atomic E-state index is 12.5. The number of carbonyl (C=O) groups is 3. The minimum absolute atomic E-state index is 0. The van der Waals surface area contributed by atoms with Gasteiger partial charge in [0.2, 0.25) is 0 Å². The van der Waals surface area contributed by atoms with Crippen LogP contribution in [0.5, 0.6) is 0 Å². The molecular formula is C24H29ClN4O3. The Bertz CT molecular complexity index is 983. The first-order chi connectivity index (χ1) is 15.0. The van der Waals surface area contributed by atoms with Crippen LogP contribution in [0, 0.1) is 13.8 Å². The summed E-state index contributed by atoms with van der Waals surface area (Å²) in [5.41, 5.74) is 4.71. The van der Waals surface area contributed by atoms with Gasteiger partial charge in [-0.15, -0.1) is 12.4 Å². The highest BCUT2D eigenvalue weighted by Gasteiger charge is 2.34. The number of urea groups is 1. The normalized spacial score (nSPS) is 15.5. The standard InChI is InChI=1S/C24H28N4O3.ClH/c1-17-7-5-10-21(18(17)2)26-13-15-27(16-14-26)24(31)25-11-6-12-28-22(29)19-8-3-4-9-20(19)23(28)30;/h3-5,7-10H,6,11-16H2,1-2H3,(H,25,31);1H. The van der Waals surface area contributed by atoms with E-state index in [2.05, 4.69) is 42.3 Å². The van der Waals surface area contributed by atoms with Crippen molar-refractivity contribution in [3.05, 3.63) is 64.7 Å². The van der Waals surface area contributed by atoms with Crippen LogP contribution in [0.25, 0.3) is 0 Å². The first-order valence-corrected chi connectivity index (χ1v) is 10.8. The number of imide groups is 1. The fraction of sp³-hybridized carbons (Fsp3) is 0.375. The van der Waals surface area contributed by atoms with E-state index in [1.165, 1.54) is 21.7 Å². The van der Waals surface area contributed by atoms with Gasteiger partial charge in [0.25, 0.3) is 11.8 Å². The highest BCUT2D eigenvalue weighted by atomic mass is 35.5. The van der Waals surface area contributed by atoms with Gasteiger partial charge in [0.1, 0.15) is 0 Å². The smallest absolute Gasteiger partial charge is 0.317 e. The van der Waals surface area contributed by atoms with E-state index in [1.807, 2.05) is 4.90 Å². The SMILES string of the molecule is Cc1cccc(N2CCN(C(=O)NCCCN3C(=O)c4ccccc4C3=O)CC2)c1C.Cl. The minimum Gasteiger partial charge on any atom is -0.368 e. The summed E-state index contributed by atoms with van der Waals surface area (Å²) in [7, 11) is 0. The second-order valence-corrected chi connectivity index (χ2v) is 8.09. The summed E-state index contributed by atoms with van der Waals surface area (Å²) < 4.78 is 0. The molecule has 0 aliphatic carbocycles. The molecule has 8 heteroatoms. The number of piperazine rings is 1. The van der Waals surface area contributed by atoms with Crippen LogP contribution in [0.1, 0.15) is 38.3 Å². The first kappa shape index (κ1) is 23.6. The van der Waals surface area contributed by atoms with Gasteiger partial charge >= 0.3 is 6.03 Å². The maximum Gasteiger partial charge on any atom is 0.317 e. The van der Waals surface area contributed by atoms with Crippen molar-refractivity contribution in [3.8, 4) is 0 Å². The van der Waals surface area contributed by atoms with E-state index in [4.69, 9.17) is 0 Å². The summed E-state index contributed by atoms with van der Waals surface area (Å²) in [6.07, 6.45) is 0.527. The fourth-order valence-electron chi connectivity index (χ4n) is 4.22. The molecule has 2 heterocycles. The van der Waals surface area contributed by atoms with Crippen molar-refractivity contribution in [2.45, 2.75) is 20.3 Å². The molecule has 1 fully saturated rings. The molecule has 0 radical (unpaired) electrons. The molecule has 7 nitrogen and oxygen atoms in total. The van der Waals surface area contributed by atoms with Crippen molar-refractivity contribution in [1.82, 2.24) is 15.1 Å². The largest absolute Gasteiger partial charge is 0.368 e. The predicted octanol–water partition coefficient (Wildman–Crippen LogP) is 3.24. The molecule has 0 atom stereocenters. The van der Waals surface area contributed by atoms with E-state index in [0.29, 0.717) is 43.7 Å². The molecule has 170 valence electrons. The molecule has 0 bridgehead atoms. The van der Waals surface area contributed by atoms with Crippen LogP contribution in [0.2, 0.25) is 0 Å². The molecule has 4 amide bonds. The number of amides is 4. The fourth-order valence-corrected chi connectivity index (χ4v) is 4.22. The van der Waals surface area contributed by atoms with Crippen LogP contribution in [-0.4, -0.2) is 66.9 Å². The summed E-state index contributed by atoms with van der Waals surface area (Å²) in [6.45, 7) is 7.90. The number of nitrogens with one attached hydrogen (secondary N) is 1. The Labute approximate surface area is 194 Å². The number of hydrogen-bond donors (Lipinski definition) is 1. The summed E-state index contributed by atoms with van der Waals surface area (Å²) in [5, 5.41) is 2.92. The van der Waals surface area contributed by atoms with E-state index in [9.17, 15) is 14.4 Å². The number of nitrogens with zero attached hydrogens (tertiary/aromatic N) is 3. The second-order valence-electron chi connectivity index (χ2n) is 8.09. The number of anilines is 1. The zero-order valence-corrected chi connectivity index (χ0v) is 19.3. The zero-order chi connectivity index (χ0) is 22.0. The van der Waals surface area contributed by atoms with E-state index in [-0.39, 0.29) is 30.3 Å². The van der Waals surface area contributed by atoms with Gasteiger partial charge in [-0.05, 0) is 49.6 Å². The van der Waals surface area contributed by atoms with Gasteiger partial charge in [0, 0.05) is 45.0 Å². The average molecular weight is 457 g/mol. The third kappa shape index (κ3) is 4.58. The van der Waals surface area contributed by atoms with Crippen LogP contribution in [0.3, 0.4) is 0 Å². The molecule has 1 saturated heterocycles. The van der Waals surface area contributed by atoms with Crippen LogP contribution >= 0.6 is 12.4 Å². The van der Waals surface area contributed by atoms with E-state index < -0.39 is 0 Å². The predicted molar refractivity (Wildman–Crippen MR) is 127 cm³/mol. The van der Waals surface area contributed by atoms with Gasteiger partial charge in [-0.2, -0.15) is 0 Å². The van der Waals surface area contributed by atoms with Crippen molar-refractivity contribution < 1.29 is 14.4 Å². The summed E-state index contributed by atoms with van der Waals surface area (Å²) >= 11 is 0. The summed E-state index contributed by atoms with van der Waals surface area (Å²) in [6, 6.07) is 13.1. The second kappa shape index (κ2) is 10.0. The van der Waals surface area contributed by atoms with Gasteiger partial charge < -0.3 is 15.1 Å². The lowest BCUT2D eigenvalue weighted by atomic mass is 10.1. The highest BCUT2D eigenvalue weighted by molar-refractivity contribution is 6.21. The van der Waals surface area contributed by atoms with Gasteiger partial charge in [0.05, 0.1) is 11.1 Å². The Morgan fingerprint density at radius 3 is 2.16 bits per heavy atom. The van der Waals surface area contributed by atoms with Crippen molar-refractivity contribution >= 4 is 35.9 Å². The molecule has 2 aromatic rings. The van der Waals surface area contributed by atoms with E-state index in [0.717, 1.165) is 13.1 Å². The molecule has 1 N–H and O–H groups in total. The molecule has 0 aromatic heterocycles. The van der Waals surface area contributed by atoms with Gasteiger partial charge in [-0.1, -0.05) is 24.3 Å². The summed E-state index contributed by atoms with van der Waals surface area (Å²) in [5.74, 6) is -0.510. The number of benzene rings is 2. The zero-order valence-electron chi connectivity index (χ0n) is 18.5. The van der Waals surface area contributed by atoms with Crippen molar-refractivity contribution in [2.24, 2.45) is 0 Å². The Morgan fingerprint density at radius 2 is 1.53 bits per heavy atom. The molecule has 2 aliphatic rings. The first-order valence-electron chi connectivity index (χ1n) is 10.8. The minimum atomic E-state index is -0.255. The van der Waals surface area contributed by atoms with E-state index in [1.54, 1.807) is 24.3 Å². The van der Waals surface area contributed by atoms with Crippen LogP contribution < -0.4 is 10.2 Å². The molecule has 4 rings (SSSR count). The van der Waals surface area contributed by atoms with Crippen molar-refractivity contribution in [2.75, 3.05) is 44.2 Å². The Kier molecular flexibility index (Phi) is 7.40. The molecule has 0 unspecified atom stereocenters. The molecule has 2 aromatic carbocycles.